The van der Waals surface area contributed by atoms with Crippen molar-refractivity contribution < 1.29 is 0 Å². The Hall–Kier alpha value is -0.940. The smallest absolute Gasteiger partial charge is 0.141 e. The van der Waals surface area contributed by atoms with E-state index < -0.39 is 0 Å². The minimum Gasteiger partial charge on any atom is -0.317 e. The molecule has 0 spiro atoms. The van der Waals surface area contributed by atoms with Crippen molar-refractivity contribution in [1.82, 2.24) is 25.0 Å². The lowest BCUT2D eigenvalue weighted by Crippen LogP contribution is -2.39. The first-order chi connectivity index (χ1) is 9.69. The Morgan fingerprint density at radius 3 is 3.05 bits per heavy atom. The molecule has 0 bridgehead atoms. The molecular weight excluding hydrogens is 250 g/mol. The maximum Gasteiger partial charge on any atom is 0.141 e. The zero-order valence-electron chi connectivity index (χ0n) is 13.2. The summed E-state index contributed by atoms with van der Waals surface area (Å²) >= 11 is 0. The first-order valence-corrected chi connectivity index (χ1v) is 7.98. The summed E-state index contributed by atoms with van der Waals surface area (Å²) in [6.45, 7) is 13.1. The Labute approximate surface area is 122 Å². The lowest BCUT2D eigenvalue weighted by molar-refractivity contribution is 0.159. The van der Waals surface area contributed by atoms with Crippen molar-refractivity contribution in [2.45, 2.75) is 46.7 Å². The van der Waals surface area contributed by atoms with Gasteiger partial charge in [-0.3, -0.25) is 4.90 Å². The van der Waals surface area contributed by atoms with Crippen LogP contribution in [0.5, 0.6) is 0 Å². The lowest BCUT2D eigenvalue weighted by atomic mass is 9.98. The van der Waals surface area contributed by atoms with Gasteiger partial charge in [-0.15, -0.1) is 0 Å². The molecule has 1 aliphatic rings. The van der Waals surface area contributed by atoms with Crippen LogP contribution in [-0.2, 0) is 13.1 Å². The third kappa shape index (κ3) is 4.56. The van der Waals surface area contributed by atoms with E-state index in [0.29, 0.717) is 5.92 Å². The van der Waals surface area contributed by atoms with Gasteiger partial charge in [-0.25, -0.2) is 9.67 Å². The molecule has 20 heavy (non-hydrogen) atoms. The zero-order chi connectivity index (χ0) is 14.4. The topological polar surface area (TPSA) is 46.0 Å². The van der Waals surface area contributed by atoms with Gasteiger partial charge in [0.15, 0.2) is 0 Å². The van der Waals surface area contributed by atoms with E-state index in [4.69, 9.17) is 0 Å². The molecule has 2 rings (SSSR count). The minimum absolute atomic E-state index is 0.610. The van der Waals surface area contributed by atoms with E-state index in [2.05, 4.69) is 45.8 Å². The van der Waals surface area contributed by atoms with Crippen LogP contribution in [0.4, 0.5) is 0 Å². The Kier molecular flexibility index (Phi) is 5.98. The second kappa shape index (κ2) is 7.74. The van der Waals surface area contributed by atoms with E-state index in [0.717, 1.165) is 37.9 Å². The van der Waals surface area contributed by atoms with Crippen molar-refractivity contribution in [3.63, 3.8) is 0 Å². The quantitative estimate of drug-likeness (QED) is 0.826. The number of nitrogens with zero attached hydrogens (tertiary/aromatic N) is 4. The van der Waals surface area contributed by atoms with Gasteiger partial charge in [0, 0.05) is 13.1 Å². The maximum atomic E-state index is 4.45. The third-order valence-corrected chi connectivity index (χ3v) is 3.88. The summed E-state index contributed by atoms with van der Waals surface area (Å²) in [4.78, 5) is 6.98. The number of hydrogen-bond acceptors (Lipinski definition) is 4. The number of hydrogen-bond donors (Lipinski definition) is 1. The fraction of sp³-hybridized carbons (Fsp3) is 0.867. The number of piperidine rings is 1. The molecule has 114 valence electrons. The number of nitrogens with one attached hydrogen (secondary N) is 1. The zero-order valence-corrected chi connectivity index (χ0v) is 13.2. The van der Waals surface area contributed by atoms with E-state index in [1.165, 1.54) is 25.9 Å². The van der Waals surface area contributed by atoms with Crippen molar-refractivity contribution in [2.75, 3.05) is 26.2 Å². The molecule has 1 fully saturated rings. The summed E-state index contributed by atoms with van der Waals surface area (Å²) in [6, 6.07) is 0. The monoisotopic (exact) mass is 279 g/mol. The van der Waals surface area contributed by atoms with Crippen LogP contribution in [0.25, 0.3) is 0 Å². The van der Waals surface area contributed by atoms with E-state index in [1.807, 2.05) is 0 Å². The standard InChI is InChI=1S/C15H29N5/c1-4-16-8-14-6-5-7-19(10-14)11-15-17-12-18-20(15)9-13(2)3/h12-14,16H,4-11H2,1-3H3. The van der Waals surface area contributed by atoms with Gasteiger partial charge in [0.25, 0.3) is 0 Å². The van der Waals surface area contributed by atoms with Gasteiger partial charge in [-0.05, 0) is 44.3 Å². The summed E-state index contributed by atoms with van der Waals surface area (Å²) < 4.78 is 2.07. The predicted octanol–water partition coefficient (Wildman–Crippen LogP) is 1.76. The number of likely N-dealkylation sites (tertiary alicyclic amines) is 1. The van der Waals surface area contributed by atoms with E-state index >= 15 is 0 Å². The number of rotatable bonds is 7. The molecule has 1 aromatic rings. The Balaban J connectivity index is 1.87. The second-order valence-corrected chi connectivity index (χ2v) is 6.30. The summed E-state index contributed by atoms with van der Waals surface area (Å²) in [5.41, 5.74) is 0. The Morgan fingerprint density at radius 1 is 1.45 bits per heavy atom. The normalized spacial score (nSPS) is 20.7. The fourth-order valence-corrected chi connectivity index (χ4v) is 2.92. The Bertz CT molecular complexity index is 387. The fourth-order valence-electron chi connectivity index (χ4n) is 2.92. The van der Waals surface area contributed by atoms with Crippen LogP contribution in [-0.4, -0.2) is 45.8 Å². The second-order valence-electron chi connectivity index (χ2n) is 6.30. The SMILES string of the molecule is CCNCC1CCCN(Cc2ncnn2CC(C)C)C1. The minimum atomic E-state index is 0.610. The summed E-state index contributed by atoms with van der Waals surface area (Å²) in [7, 11) is 0. The molecule has 1 aromatic heterocycles. The predicted molar refractivity (Wildman–Crippen MR) is 81.4 cm³/mol. The molecule has 1 N–H and O–H groups in total. The van der Waals surface area contributed by atoms with Crippen molar-refractivity contribution in [1.29, 1.82) is 0 Å². The molecule has 5 heteroatoms. The summed E-state index contributed by atoms with van der Waals surface area (Å²) in [5.74, 6) is 2.51. The number of aromatic nitrogens is 3. The van der Waals surface area contributed by atoms with Crippen molar-refractivity contribution >= 4 is 0 Å². The van der Waals surface area contributed by atoms with Gasteiger partial charge in [-0.1, -0.05) is 20.8 Å². The molecule has 2 heterocycles. The maximum absolute atomic E-state index is 4.45. The summed E-state index contributed by atoms with van der Waals surface area (Å²) in [5, 5.41) is 7.83. The molecule has 1 saturated heterocycles. The van der Waals surface area contributed by atoms with Gasteiger partial charge in [0.1, 0.15) is 12.2 Å². The first-order valence-electron chi connectivity index (χ1n) is 7.98. The molecule has 1 atom stereocenters. The van der Waals surface area contributed by atoms with Crippen molar-refractivity contribution in [2.24, 2.45) is 11.8 Å². The van der Waals surface area contributed by atoms with Gasteiger partial charge >= 0.3 is 0 Å². The average Bonchev–Trinajstić information content (AvgIpc) is 2.83. The molecule has 5 nitrogen and oxygen atoms in total. The first kappa shape index (κ1) is 15.4. The molecule has 0 radical (unpaired) electrons. The van der Waals surface area contributed by atoms with E-state index in [-0.39, 0.29) is 0 Å². The highest BCUT2D eigenvalue weighted by Gasteiger charge is 2.21. The molecule has 1 unspecified atom stereocenters. The largest absolute Gasteiger partial charge is 0.317 e. The van der Waals surface area contributed by atoms with Crippen LogP contribution in [0.3, 0.4) is 0 Å². The molecule has 0 aliphatic carbocycles. The van der Waals surface area contributed by atoms with Crippen molar-refractivity contribution in [3.05, 3.63) is 12.2 Å². The third-order valence-electron chi connectivity index (χ3n) is 3.88. The Morgan fingerprint density at radius 2 is 2.30 bits per heavy atom. The van der Waals surface area contributed by atoms with Crippen LogP contribution in [0.1, 0.15) is 39.4 Å². The highest BCUT2D eigenvalue weighted by molar-refractivity contribution is 4.87. The average molecular weight is 279 g/mol. The molecule has 1 aliphatic heterocycles. The molecule has 0 aromatic carbocycles. The van der Waals surface area contributed by atoms with Crippen LogP contribution in [0.15, 0.2) is 6.33 Å². The molecule has 0 saturated carbocycles. The van der Waals surface area contributed by atoms with E-state index in [9.17, 15) is 0 Å². The van der Waals surface area contributed by atoms with Gasteiger partial charge in [0.05, 0.1) is 6.54 Å². The molecular formula is C15H29N5. The van der Waals surface area contributed by atoms with Gasteiger partial charge in [0.2, 0.25) is 0 Å². The van der Waals surface area contributed by atoms with Crippen LogP contribution >= 0.6 is 0 Å². The molecule has 0 amide bonds. The highest BCUT2D eigenvalue weighted by atomic mass is 15.3. The summed E-state index contributed by atoms with van der Waals surface area (Å²) in [6.07, 6.45) is 4.34. The van der Waals surface area contributed by atoms with Gasteiger partial charge in [-0.2, -0.15) is 5.10 Å². The van der Waals surface area contributed by atoms with E-state index in [1.54, 1.807) is 6.33 Å². The van der Waals surface area contributed by atoms with Crippen LogP contribution < -0.4 is 5.32 Å². The van der Waals surface area contributed by atoms with Crippen LogP contribution in [0, 0.1) is 11.8 Å². The van der Waals surface area contributed by atoms with Crippen molar-refractivity contribution in [3.8, 4) is 0 Å². The highest BCUT2D eigenvalue weighted by Crippen LogP contribution is 2.17. The lowest BCUT2D eigenvalue weighted by Gasteiger charge is -2.32. The van der Waals surface area contributed by atoms with Gasteiger partial charge < -0.3 is 5.32 Å². The van der Waals surface area contributed by atoms with Crippen LogP contribution in [0.2, 0.25) is 0 Å².